The lowest BCUT2D eigenvalue weighted by Gasteiger charge is -2.08. The number of ether oxygens (including phenoxy) is 1. The van der Waals surface area contributed by atoms with Crippen LogP contribution in [0, 0.1) is 0 Å². The van der Waals surface area contributed by atoms with Crippen molar-refractivity contribution in [2.75, 3.05) is 20.3 Å². The van der Waals surface area contributed by atoms with Crippen LogP contribution in [0.2, 0.25) is 0 Å². The Hall–Kier alpha value is -1.14. The predicted octanol–water partition coefficient (Wildman–Crippen LogP) is 0.0202. The van der Waals surface area contributed by atoms with Crippen LogP contribution in [0.4, 0.5) is 0 Å². The fourth-order valence-electron chi connectivity index (χ4n) is 0.888. The van der Waals surface area contributed by atoms with Crippen molar-refractivity contribution in [1.82, 2.24) is 20.8 Å². The number of rotatable bonds is 5. The smallest absolute Gasteiger partial charge is 0.166 e. The molecule has 5 nitrogen and oxygen atoms in total. The summed E-state index contributed by atoms with van der Waals surface area (Å²) in [5, 5.41) is 13.3. The largest absolute Gasteiger partial charge is 0.383 e. The summed E-state index contributed by atoms with van der Waals surface area (Å²) in [7, 11) is 1.66. The van der Waals surface area contributed by atoms with E-state index in [1.807, 2.05) is 6.07 Å². The van der Waals surface area contributed by atoms with Crippen molar-refractivity contribution in [3.05, 3.63) is 18.0 Å². The van der Waals surface area contributed by atoms with Gasteiger partial charge in [0.05, 0.1) is 18.8 Å². The second-order valence-electron chi connectivity index (χ2n) is 2.68. The van der Waals surface area contributed by atoms with Crippen molar-refractivity contribution in [2.24, 2.45) is 0 Å². The minimum absolute atomic E-state index is 0.622. The zero-order chi connectivity index (χ0) is 10.2. The van der Waals surface area contributed by atoms with Crippen LogP contribution in [-0.2, 0) is 11.3 Å². The van der Waals surface area contributed by atoms with E-state index < -0.39 is 0 Å². The first-order chi connectivity index (χ1) is 6.83. The third kappa shape index (κ3) is 4.20. The van der Waals surface area contributed by atoms with Gasteiger partial charge in [0.2, 0.25) is 0 Å². The molecule has 0 atom stereocenters. The molecule has 0 aliphatic heterocycles. The highest BCUT2D eigenvalue weighted by molar-refractivity contribution is 7.80. The molecule has 0 saturated heterocycles. The van der Waals surface area contributed by atoms with E-state index in [2.05, 4.69) is 20.8 Å². The first-order valence-corrected chi connectivity index (χ1v) is 4.72. The molecule has 6 heteroatoms. The Morgan fingerprint density at radius 1 is 1.64 bits per heavy atom. The Kier molecular flexibility index (Phi) is 4.95. The molecule has 14 heavy (non-hydrogen) atoms. The summed E-state index contributed by atoms with van der Waals surface area (Å²) in [6.07, 6.45) is 1.71. The van der Waals surface area contributed by atoms with Gasteiger partial charge < -0.3 is 15.4 Å². The molecule has 0 saturated carbocycles. The number of aromatic amines is 1. The summed E-state index contributed by atoms with van der Waals surface area (Å²) in [5.41, 5.74) is 1.00. The van der Waals surface area contributed by atoms with E-state index in [9.17, 15) is 0 Å². The zero-order valence-corrected chi connectivity index (χ0v) is 8.86. The Balaban J connectivity index is 2.09. The molecule has 0 fully saturated rings. The summed E-state index contributed by atoms with van der Waals surface area (Å²) in [6, 6.07) is 1.89. The van der Waals surface area contributed by atoms with Crippen LogP contribution in [0.15, 0.2) is 12.3 Å². The van der Waals surface area contributed by atoms with Crippen molar-refractivity contribution in [3.8, 4) is 0 Å². The average Bonchev–Trinajstić information content (AvgIpc) is 2.68. The normalized spacial score (nSPS) is 9.79. The van der Waals surface area contributed by atoms with Crippen molar-refractivity contribution >= 4 is 17.3 Å². The summed E-state index contributed by atoms with van der Waals surface area (Å²) in [5.74, 6) is 0. The molecule has 0 aliphatic carbocycles. The summed E-state index contributed by atoms with van der Waals surface area (Å²) in [6.45, 7) is 2.01. The number of H-pyrrole nitrogens is 1. The number of nitrogens with one attached hydrogen (secondary N) is 3. The van der Waals surface area contributed by atoms with Gasteiger partial charge in [0.1, 0.15) is 0 Å². The molecule has 1 heterocycles. The Morgan fingerprint density at radius 2 is 2.50 bits per heavy atom. The highest BCUT2D eigenvalue weighted by Crippen LogP contribution is 1.89. The Bertz CT molecular complexity index is 262. The average molecular weight is 214 g/mol. The summed E-state index contributed by atoms with van der Waals surface area (Å²) >= 11 is 5.03. The molecule has 0 unspecified atom stereocenters. The number of hydrogen-bond donors (Lipinski definition) is 3. The first kappa shape index (κ1) is 10.9. The minimum Gasteiger partial charge on any atom is -0.383 e. The van der Waals surface area contributed by atoms with Gasteiger partial charge in [-0.05, 0) is 18.3 Å². The Morgan fingerprint density at radius 3 is 3.14 bits per heavy atom. The number of aromatic nitrogens is 2. The molecule has 0 aromatic carbocycles. The van der Waals surface area contributed by atoms with E-state index in [-0.39, 0.29) is 0 Å². The number of nitrogens with zero attached hydrogens (tertiary/aromatic N) is 1. The first-order valence-electron chi connectivity index (χ1n) is 4.32. The van der Waals surface area contributed by atoms with E-state index in [4.69, 9.17) is 17.0 Å². The molecule has 0 aliphatic rings. The van der Waals surface area contributed by atoms with Crippen LogP contribution in [0.3, 0.4) is 0 Å². The van der Waals surface area contributed by atoms with Crippen molar-refractivity contribution in [3.63, 3.8) is 0 Å². The number of thiocarbonyl (C=S) groups is 1. The molecule has 1 aromatic rings. The molecule has 0 spiro atoms. The van der Waals surface area contributed by atoms with Crippen LogP contribution in [0.25, 0.3) is 0 Å². The van der Waals surface area contributed by atoms with Gasteiger partial charge in [0.25, 0.3) is 0 Å². The van der Waals surface area contributed by atoms with Gasteiger partial charge in [-0.3, -0.25) is 5.10 Å². The monoisotopic (exact) mass is 214 g/mol. The zero-order valence-electron chi connectivity index (χ0n) is 8.04. The predicted molar refractivity (Wildman–Crippen MR) is 57.9 cm³/mol. The molecule has 78 valence electrons. The van der Waals surface area contributed by atoms with Crippen LogP contribution < -0.4 is 10.6 Å². The number of methoxy groups -OCH3 is 1. The van der Waals surface area contributed by atoms with Crippen molar-refractivity contribution in [1.29, 1.82) is 0 Å². The third-order valence-corrected chi connectivity index (χ3v) is 1.88. The van der Waals surface area contributed by atoms with Crippen molar-refractivity contribution < 1.29 is 4.74 Å². The van der Waals surface area contributed by atoms with Gasteiger partial charge in [0, 0.05) is 19.9 Å². The van der Waals surface area contributed by atoms with Crippen LogP contribution in [0.5, 0.6) is 0 Å². The van der Waals surface area contributed by atoms with E-state index in [0.29, 0.717) is 24.8 Å². The molecule has 1 rings (SSSR count). The fourth-order valence-corrected chi connectivity index (χ4v) is 1.06. The van der Waals surface area contributed by atoms with Crippen molar-refractivity contribution in [2.45, 2.75) is 6.54 Å². The molecule has 0 amide bonds. The molecule has 0 bridgehead atoms. The topological polar surface area (TPSA) is 62.0 Å². The van der Waals surface area contributed by atoms with Gasteiger partial charge in [-0.25, -0.2) is 0 Å². The van der Waals surface area contributed by atoms with Crippen LogP contribution in [0.1, 0.15) is 5.69 Å². The standard InChI is InChI=1S/C8H14N4OS/c1-13-5-4-9-8(14)10-6-7-2-3-11-12-7/h2-3H,4-6H2,1H3,(H,11,12)(H2,9,10,14). The van der Waals surface area contributed by atoms with Crippen LogP contribution >= 0.6 is 12.2 Å². The van der Waals surface area contributed by atoms with E-state index in [0.717, 1.165) is 5.69 Å². The lowest BCUT2D eigenvalue weighted by Crippen LogP contribution is -2.36. The second-order valence-corrected chi connectivity index (χ2v) is 3.09. The quantitative estimate of drug-likeness (QED) is 0.476. The summed E-state index contributed by atoms with van der Waals surface area (Å²) in [4.78, 5) is 0. The van der Waals surface area contributed by atoms with E-state index >= 15 is 0 Å². The second kappa shape index (κ2) is 6.33. The van der Waals surface area contributed by atoms with Gasteiger partial charge in [-0.2, -0.15) is 5.10 Å². The molecule has 1 aromatic heterocycles. The SMILES string of the molecule is COCCNC(=S)NCc1ccn[nH]1. The third-order valence-electron chi connectivity index (χ3n) is 1.59. The van der Waals surface area contributed by atoms with Gasteiger partial charge >= 0.3 is 0 Å². The molecule has 3 N–H and O–H groups in total. The highest BCUT2D eigenvalue weighted by Gasteiger charge is 1.95. The summed E-state index contributed by atoms with van der Waals surface area (Å²) < 4.78 is 4.88. The maximum absolute atomic E-state index is 5.03. The highest BCUT2D eigenvalue weighted by atomic mass is 32.1. The van der Waals surface area contributed by atoms with Gasteiger partial charge in [-0.15, -0.1) is 0 Å². The number of hydrogen-bond acceptors (Lipinski definition) is 3. The molecule has 0 radical (unpaired) electrons. The minimum atomic E-state index is 0.622. The lowest BCUT2D eigenvalue weighted by atomic mass is 10.4. The van der Waals surface area contributed by atoms with Crippen LogP contribution in [-0.4, -0.2) is 35.6 Å². The van der Waals surface area contributed by atoms with E-state index in [1.54, 1.807) is 13.3 Å². The van der Waals surface area contributed by atoms with E-state index in [1.165, 1.54) is 0 Å². The maximum atomic E-state index is 5.03. The molecular formula is C8H14N4OS. The lowest BCUT2D eigenvalue weighted by molar-refractivity contribution is 0.204. The van der Waals surface area contributed by atoms with Gasteiger partial charge in [0.15, 0.2) is 5.11 Å². The molecular weight excluding hydrogens is 200 g/mol. The maximum Gasteiger partial charge on any atom is 0.166 e. The fraction of sp³-hybridized carbons (Fsp3) is 0.500. The Labute approximate surface area is 88.2 Å². The van der Waals surface area contributed by atoms with Gasteiger partial charge in [-0.1, -0.05) is 0 Å².